The van der Waals surface area contributed by atoms with Crippen molar-refractivity contribution < 1.29 is 14.3 Å². The zero-order chi connectivity index (χ0) is 15.9. The molecule has 0 aliphatic rings. The van der Waals surface area contributed by atoms with E-state index in [2.05, 4.69) is 5.32 Å². The van der Waals surface area contributed by atoms with Crippen LogP contribution in [0, 0.1) is 6.92 Å². The van der Waals surface area contributed by atoms with Crippen molar-refractivity contribution in [2.75, 3.05) is 20.8 Å². The summed E-state index contributed by atoms with van der Waals surface area (Å²) in [5.74, 6) is 0.643. The molecule has 1 N–H and O–H groups in total. The first-order valence-corrected chi connectivity index (χ1v) is 7.15. The van der Waals surface area contributed by atoms with Gasteiger partial charge < -0.3 is 14.8 Å². The fraction of sp³-hybridized carbons (Fsp3) is 0.278. The number of carbonyl (C=O) groups is 1. The van der Waals surface area contributed by atoms with Gasteiger partial charge in [-0.2, -0.15) is 0 Å². The van der Waals surface area contributed by atoms with E-state index in [1.807, 2.05) is 43.3 Å². The van der Waals surface area contributed by atoms with E-state index in [-0.39, 0.29) is 11.9 Å². The summed E-state index contributed by atoms with van der Waals surface area (Å²) in [6.45, 7) is 2.34. The first kappa shape index (κ1) is 16.0. The summed E-state index contributed by atoms with van der Waals surface area (Å²) in [5, 5.41) is 3.01. The first-order valence-electron chi connectivity index (χ1n) is 7.15. The van der Waals surface area contributed by atoms with E-state index in [1.165, 1.54) is 0 Å². The van der Waals surface area contributed by atoms with E-state index in [4.69, 9.17) is 9.47 Å². The lowest BCUT2D eigenvalue weighted by Gasteiger charge is -2.18. The monoisotopic (exact) mass is 299 g/mol. The highest BCUT2D eigenvalue weighted by molar-refractivity contribution is 5.94. The van der Waals surface area contributed by atoms with Gasteiger partial charge in [0.15, 0.2) is 0 Å². The number of carbonyl (C=O) groups excluding carboxylic acids is 1. The molecule has 0 heterocycles. The van der Waals surface area contributed by atoms with Crippen LogP contribution >= 0.6 is 0 Å². The molecule has 0 aliphatic carbocycles. The molecule has 0 aliphatic heterocycles. The zero-order valence-corrected chi connectivity index (χ0v) is 13.1. The summed E-state index contributed by atoms with van der Waals surface area (Å²) in [4.78, 5) is 12.4. The van der Waals surface area contributed by atoms with E-state index in [0.717, 1.165) is 16.9 Å². The Kier molecular flexibility index (Phi) is 5.55. The van der Waals surface area contributed by atoms with Crippen molar-refractivity contribution >= 4 is 5.91 Å². The zero-order valence-electron chi connectivity index (χ0n) is 13.1. The molecule has 2 aromatic carbocycles. The van der Waals surface area contributed by atoms with Crippen LogP contribution in [-0.4, -0.2) is 26.7 Å². The predicted molar refractivity (Wildman–Crippen MR) is 86.3 cm³/mol. The highest BCUT2D eigenvalue weighted by atomic mass is 16.5. The Balaban J connectivity index is 2.16. The smallest absolute Gasteiger partial charge is 0.251 e. The van der Waals surface area contributed by atoms with E-state index in [1.54, 1.807) is 26.4 Å². The molecule has 4 nitrogen and oxygen atoms in total. The molecule has 1 unspecified atom stereocenters. The maximum absolute atomic E-state index is 12.4. The second kappa shape index (κ2) is 7.61. The van der Waals surface area contributed by atoms with Gasteiger partial charge >= 0.3 is 0 Å². The molecule has 0 radical (unpaired) electrons. The van der Waals surface area contributed by atoms with Gasteiger partial charge in [-0.25, -0.2) is 0 Å². The summed E-state index contributed by atoms with van der Waals surface area (Å²) in [6, 6.07) is 15.0. The van der Waals surface area contributed by atoms with Gasteiger partial charge in [-0.15, -0.1) is 0 Å². The second-order valence-corrected chi connectivity index (χ2v) is 5.08. The van der Waals surface area contributed by atoms with Crippen LogP contribution in [-0.2, 0) is 4.74 Å². The minimum absolute atomic E-state index is 0.128. The number of aryl methyl sites for hydroxylation is 1. The number of hydrogen-bond donors (Lipinski definition) is 1. The van der Waals surface area contributed by atoms with Crippen molar-refractivity contribution in [2.24, 2.45) is 0 Å². The molecular formula is C18H21NO3. The Morgan fingerprint density at radius 2 is 1.86 bits per heavy atom. The standard InChI is InChI=1S/C18H21NO3/c1-13-11-15(9-10-17(13)22-3)18(20)19-16(12-21-2)14-7-5-4-6-8-14/h4-11,16H,12H2,1-3H3,(H,19,20). The van der Waals surface area contributed by atoms with Gasteiger partial charge in [0.2, 0.25) is 0 Å². The SMILES string of the molecule is COCC(NC(=O)c1ccc(OC)c(C)c1)c1ccccc1. The number of rotatable bonds is 6. The number of amides is 1. The van der Waals surface area contributed by atoms with Gasteiger partial charge in [-0.05, 0) is 36.2 Å². The lowest BCUT2D eigenvalue weighted by molar-refractivity contribution is 0.0896. The molecule has 0 aromatic heterocycles. The molecule has 0 bridgehead atoms. The minimum Gasteiger partial charge on any atom is -0.496 e. The molecule has 1 amide bonds. The van der Waals surface area contributed by atoms with Gasteiger partial charge in [0.25, 0.3) is 5.91 Å². The van der Waals surface area contributed by atoms with Gasteiger partial charge in [0, 0.05) is 12.7 Å². The van der Waals surface area contributed by atoms with Crippen molar-refractivity contribution in [1.82, 2.24) is 5.32 Å². The second-order valence-electron chi connectivity index (χ2n) is 5.08. The van der Waals surface area contributed by atoms with Crippen LogP contribution in [0.5, 0.6) is 5.75 Å². The quantitative estimate of drug-likeness (QED) is 0.891. The van der Waals surface area contributed by atoms with Crippen LogP contribution in [0.3, 0.4) is 0 Å². The van der Waals surface area contributed by atoms with Crippen molar-refractivity contribution in [3.05, 3.63) is 65.2 Å². The number of hydrogen-bond acceptors (Lipinski definition) is 3. The Hall–Kier alpha value is -2.33. The van der Waals surface area contributed by atoms with Crippen LogP contribution in [0.2, 0.25) is 0 Å². The Labute approximate surface area is 131 Å². The van der Waals surface area contributed by atoms with Crippen molar-refractivity contribution in [2.45, 2.75) is 13.0 Å². The first-order chi connectivity index (χ1) is 10.7. The van der Waals surface area contributed by atoms with Gasteiger partial charge in [0.05, 0.1) is 19.8 Å². The largest absolute Gasteiger partial charge is 0.496 e. The summed E-state index contributed by atoms with van der Waals surface area (Å²) in [5.41, 5.74) is 2.55. The lowest BCUT2D eigenvalue weighted by atomic mass is 10.1. The van der Waals surface area contributed by atoms with Crippen molar-refractivity contribution in [1.29, 1.82) is 0 Å². The molecular weight excluding hydrogens is 278 g/mol. The molecule has 2 rings (SSSR count). The maximum Gasteiger partial charge on any atom is 0.251 e. The normalized spacial score (nSPS) is 11.8. The summed E-state index contributed by atoms with van der Waals surface area (Å²) in [7, 11) is 3.24. The van der Waals surface area contributed by atoms with E-state index < -0.39 is 0 Å². The van der Waals surface area contributed by atoms with E-state index >= 15 is 0 Å². The Morgan fingerprint density at radius 3 is 2.45 bits per heavy atom. The summed E-state index contributed by atoms with van der Waals surface area (Å²) >= 11 is 0. The molecule has 1 atom stereocenters. The molecule has 0 saturated carbocycles. The molecule has 0 spiro atoms. The molecule has 4 heteroatoms. The Morgan fingerprint density at radius 1 is 1.14 bits per heavy atom. The average Bonchev–Trinajstić information content (AvgIpc) is 2.55. The van der Waals surface area contributed by atoms with E-state index in [9.17, 15) is 4.79 Å². The van der Waals surface area contributed by atoms with Crippen LogP contribution in [0.1, 0.15) is 27.5 Å². The van der Waals surface area contributed by atoms with Crippen molar-refractivity contribution in [3.8, 4) is 5.75 Å². The third-order valence-corrected chi connectivity index (χ3v) is 3.50. The van der Waals surface area contributed by atoms with Crippen LogP contribution in [0.4, 0.5) is 0 Å². The summed E-state index contributed by atoms with van der Waals surface area (Å²) < 4.78 is 10.4. The summed E-state index contributed by atoms with van der Waals surface area (Å²) in [6.07, 6.45) is 0. The van der Waals surface area contributed by atoms with E-state index in [0.29, 0.717) is 12.2 Å². The molecule has 22 heavy (non-hydrogen) atoms. The highest BCUT2D eigenvalue weighted by Gasteiger charge is 2.16. The third kappa shape index (κ3) is 3.86. The Bertz CT molecular complexity index is 625. The minimum atomic E-state index is -0.180. The maximum atomic E-state index is 12.4. The highest BCUT2D eigenvalue weighted by Crippen LogP contribution is 2.19. The number of nitrogens with one attached hydrogen (secondary N) is 1. The van der Waals surface area contributed by atoms with Crippen LogP contribution in [0.25, 0.3) is 0 Å². The van der Waals surface area contributed by atoms with Gasteiger partial charge in [-0.1, -0.05) is 30.3 Å². The third-order valence-electron chi connectivity index (χ3n) is 3.50. The average molecular weight is 299 g/mol. The fourth-order valence-corrected chi connectivity index (χ4v) is 2.33. The topological polar surface area (TPSA) is 47.6 Å². The molecule has 0 saturated heterocycles. The van der Waals surface area contributed by atoms with Crippen molar-refractivity contribution in [3.63, 3.8) is 0 Å². The van der Waals surface area contributed by atoms with Crippen LogP contribution < -0.4 is 10.1 Å². The van der Waals surface area contributed by atoms with Gasteiger partial charge in [-0.3, -0.25) is 4.79 Å². The number of ether oxygens (including phenoxy) is 2. The predicted octanol–water partition coefficient (Wildman–Crippen LogP) is 3.12. The number of benzene rings is 2. The molecule has 0 fully saturated rings. The van der Waals surface area contributed by atoms with Gasteiger partial charge in [0.1, 0.15) is 5.75 Å². The number of methoxy groups -OCH3 is 2. The van der Waals surface area contributed by atoms with Crippen LogP contribution in [0.15, 0.2) is 48.5 Å². The fourth-order valence-electron chi connectivity index (χ4n) is 2.33. The molecule has 116 valence electrons. The molecule has 2 aromatic rings. The lowest BCUT2D eigenvalue weighted by Crippen LogP contribution is -2.31.